The van der Waals surface area contributed by atoms with Crippen LogP contribution in [0, 0.1) is 0 Å². The van der Waals surface area contributed by atoms with Gasteiger partial charge in [-0.2, -0.15) is 9.50 Å². The molecule has 0 aromatic carbocycles. The van der Waals surface area contributed by atoms with Gasteiger partial charge in [-0.05, 0) is 19.3 Å². The third kappa shape index (κ3) is 1.22. The van der Waals surface area contributed by atoms with Crippen molar-refractivity contribution in [2.24, 2.45) is 0 Å². The Bertz CT molecular complexity index is 536. The van der Waals surface area contributed by atoms with E-state index in [1.165, 1.54) is 0 Å². The minimum atomic E-state index is -0.178. The largest absolute Gasteiger partial charge is 0.388 e. The molecule has 2 aromatic rings. The van der Waals surface area contributed by atoms with Crippen LogP contribution >= 0.6 is 12.6 Å². The third-order valence-electron chi connectivity index (χ3n) is 2.65. The topological polar surface area (TPSA) is 63.3 Å². The van der Waals surface area contributed by atoms with Gasteiger partial charge < -0.3 is 5.11 Å². The summed E-state index contributed by atoms with van der Waals surface area (Å²) < 4.78 is 1.55. The molecule has 0 saturated heterocycles. The van der Waals surface area contributed by atoms with Crippen LogP contribution in [0.5, 0.6) is 0 Å². The summed E-state index contributed by atoms with van der Waals surface area (Å²) in [6.07, 6.45) is 3.05. The molecular formula is C9H9N4OS. The lowest BCUT2D eigenvalue weighted by atomic mass is 10.3. The lowest BCUT2D eigenvalue weighted by Crippen LogP contribution is -2.00. The van der Waals surface area contributed by atoms with Crippen molar-refractivity contribution < 1.29 is 5.11 Å². The monoisotopic (exact) mass is 221 g/mol. The molecule has 1 aliphatic carbocycles. The Balaban J connectivity index is 2.33. The summed E-state index contributed by atoms with van der Waals surface area (Å²) in [5, 5.41) is 13.7. The predicted octanol–water partition coefficient (Wildman–Crippen LogP) is 0.662. The molecule has 0 fully saturated rings. The second-order valence-corrected chi connectivity index (χ2v) is 3.98. The fourth-order valence-corrected chi connectivity index (χ4v) is 2.29. The van der Waals surface area contributed by atoms with Gasteiger partial charge in [0.05, 0.1) is 5.69 Å². The van der Waals surface area contributed by atoms with Crippen molar-refractivity contribution in [3.8, 4) is 0 Å². The highest BCUT2D eigenvalue weighted by atomic mass is 32.1. The predicted molar refractivity (Wildman–Crippen MR) is 54.6 cm³/mol. The van der Waals surface area contributed by atoms with Crippen LogP contribution < -0.4 is 0 Å². The Morgan fingerprint density at radius 3 is 3.00 bits per heavy atom. The maximum Gasteiger partial charge on any atom is 0.254 e. The van der Waals surface area contributed by atoms with E-state index in [0.29, 0.717) is 16.6 Å². The molecular weight excluding hydrogens is 212 g/mol. The summed E-state index contributed by atoms with van der Waals surface area (Å²) in [7, 11) is 0. The number of rotatable bonds is 1. The summed E-state index contributed by atoms with van der Waals surface area (Å²) in [6, 6.07) is 0. The highest BCUT2D eigenvalue weighted by molar-refractivity contribution is 7.80. The van der Waals surface area contributed by atoms with Gasteiger partial charge in [-0.25, -0.2) is 4.98 Å². The van der Waals surface area contributed by atoms with Gasteiger partial charge in [0.2, 0.25) is 0 Å². The Hall–Kier alpha value is -1.27. The van der Waals surface area contributed by atoms with Gasteiger partial charge in [0.1, 0.15) is 11.6 Å². The first kappa shape index (κ1) is 8.99. The summed E-state index contributed by atoms with van der Waals surface area (Å²) in [5.74, 6) is 0.877. The molecule has 0 atom stereocenters. The molecule has 15 heavy (non-hydrogen) atoms. The zero-order valence-electron chi connectivity index (χ0n) is 7.97. The van der Waals surface area contributed by atoms with E-state index >= 15 is 0 Å². The minimum absolute atomic E-state index is 0.178. The average molecular weight is 221 g/mol. The van der Waals surface area contributed by atoms with Crippen molar-refractivity contribution in [2.45, 2.75) is 30.9 Å². The Morgan fingerprint density at radius 2 is 2.20 bits per heavy atom. The summed E-state index contributed by atoms with van der Waals surface area (Å²) in [4.78, 5) is 8.49. The number of nitrogens with zero attached hydrogens (tertiary/aromatic N) is 4. The second kappa shape index (κ2) is 3.11. The lowest BCUT2D eigenvalue weighted by molar-refractivity contribution is 0.271. The number of aliphatic hydroxyl groups excluding tert-OH is 1. The number of hydrogen-bond acceptors (Lipinski definition) is 4. The van der Waals surface area contributed by atoms with Gasteiger partial charge in [-0.3, -0.25) is 0 Å². The van der Waals surface area contributed by atoms with Gasteiger partial charge in [0, 0.05) is 5.56 Å². The summed E-state index contributed by atoms with van der Waals surface area (Å²) in [6.45, 7) is -0.178. The number of aromatic nitrogens is 4. The van der Waals surface area contributed by atoms with Crippen LogP contribution in [0.25, 0.3) is 5.78 Å². The van der Waals surface area contributed by atoms with Crippen molar-refractivity contribution in [1.82, 2.24) is 19.6 Å². The molecule has 1 N–H and O–H groups in total. The zero-order valence-corrected chi connectivity index (χ0v) is 8.79. The van der Waals surface area contributed by atoms with Crippen LogP contribution in [0.1, 0.15) is 23.5 Å². The Morgan fingerprint density at radius 1 is 1.33 bits per heavy atom. The average Bonchev–Trinajstić information content (AvgIpc) is 2.83. The molecule has 0 bridgehead atoms. The minimum Gasteiger partial charge on any atom is -0.388 e. The van der Waals surface area contributed by atoms with E-state index in [1.54, 1.807) is 4.52 Å². The smallest absolute Gasteiger partial charge is 0.254 e. The Kier molecular flexibility index (Phi) is 1.86. The number of hydrogen-bond donors (Lipinski definition) is 1. The second-order valence-electron chi connectivity index (χ2n) is 3.59. The molecule has 2 heterocycles. The molecule has 0 spiro atoms. The van der Waals surface area contributed by atoms with Gasteiger partial charge >= 0.3 is 0 Å². The molecule has 1 radical (unpaired) electrons. The van der Waals surface area contributed by atoms with Crippen molar-refractivity contribution in [2.75, 3.05) is 0 Å². The summed E-state index contributed by atoms with van der Waals surface area (Å²) in [5.41, 5.74) is 2.16. The van der Waals surface area contributed by atoms with Crippen molar-refractivity contribution in [1.29, 1.82) is 0 Å². The molecule has 0 amide bonds. The van der Waals surface area contributed by atoms with Crippen molar-refractivity contribution in [3.63, 3.8) is 0 Å². The summed E-state index contributed by atoms with van der Waals surface area (Å²) >= 11 is 5.32. The number of aliphatic hydroxyl groups is 1. The molecule has 5 nitrogen and oxygen atoms in total. The Labute approximate surface area is 91.6 Å². The highest BCUT2D eigenvalue weighted by Gasteiger charge is 2.20. The van der Waals surface area contributed by atoms with E-state index in [2.05, 4.69) is 15.1 Å². The van der Waals surface area contributed by atoms with Gasteiger partial charge in [-0.1, -0.05) is 12.6 Å². The third-order valence-corrected chi connectivity index (χ3v) is 3.07. The SMILES string of the molecule is OCc1nc2nc3c(c([S])n2n1)CCC3. The lowest BCUT2D eigenvalue weighted by Gasteiger charge is -2.01. The van der Waals surface area contributed by atoms with E-state index < -0.39 is 0 Å². The maximum absolute atomic E-state index is 8.94. The standard InChI is InChI=1S/C9H9N4OS/c14-4-7-11-9-10-6-3-1-2-5(6)8(15)13(9)12-7/h14H,1-4H2. The normalized spacial score (nSPS) is 14.7. The van der Waals surface area contributed by atoms with E-state index in [9.17, 15) is 0 Å². The van der Waals surface area contributed by atoms with Crippen LogP contribution in [0.4, 0.5) is 0 Å². The first-order valence-corrected chi connectivity index (χ1v) is 5.25. The van der Waals surface area contributed by atoms with Crippen molar-refractivity contribution >= 4 is 18.4 Å². The molecule has 0 aliphatic heterocycles. The molecule has 0 unspecified atom stereocenters. The van der Waals surface area contributed by atoms with Gasteiger partial charge in [-0.15, -0.1) is 5.10 Å². The van der Waals surface area contributed by atoms with Crippen molar-refractivity contribution in [3.05, 3.63) is 17.1 Å². The fraction of sp³-hybridized carbons (Fsp3) is 0.444. The molecule has 3 rings (SSSR count). The molecule has 2 aromatic heterocycles. The van der Waals surface area contributed by atoms with Crippen LogP contribution in [-0.2, 0) is 19.4 Å². The number of fused-ring (bicyclic) bond motifs is 2. The van der Waals surface area contributed by atoms with Crippen LogP contribution in [0.15, 0.2) is 5.03 Å². The van der Waals surface area contributed by atoms with E-state index in [1.807, 2.05) is 0 Å². The first-order chi connectivity index (χ1) is 7.29. The van der Waals surface area contributed by atoms with Gasteiger partial charge in [0.25, 0.3) is 5.78 Å². The first-order valence-electron chi connectivity index (χ1n) is 4.85. The highest BCUT2D eigenvalue weighted by Crippen LogP contribution is 2.26. The number of aryl methyl sites for hydroxylation is 1. The fourth-order valence-electron chi connectivity index (χ4n) is 1.95. The molecule has 0 saturated carbocycles. The van der Waals surface area contributed by atoms with Crippen LogP contribution in [0.3, 0.4) is 0 Å². The maximum atomic E-state index is 8.94. The molecule has 6 heteroatoms. The van der Waals surface area contributed by atoms with Crippen LogP contribution in [0.2, 0.25) is 0 Å². The van der Waals surface area contributed by atoms with E-state index in [4.69, 9.17) is 17.7 Å². The van der Waals surface area contributed by atoms with Crippen LogP contribution in [-0.4, -0.2) is 24.7 Å². The molecule has 1 aliphatic rings. The quantitative estimate of drug-likeness (QED) is 0.719. The van der Waals surface area contributed by atoms with E-state index in [-0.39, 0.29) is 6.61 Å². The van der Waals surface area contributed by atoms with E-state index in [0.717, 1.165) is 30.5 Å². The molecule has 77 valence electrons. The van der Waals surface area contributed by atoms with Gasteiger partial charge in [0.15, 0.2) is 5.82 Å². The zero-order chi connectivity index (χ0) is 10.4.